The Morgan fingerprint density at radius 1 is 0.583 bits per heavy atom. The highest BCUT2D eigenvalue weighted by Crippen LogP contribution is 2.57. The molecule has 0 atom stereocenters. The van der Waals surface area contributed by atoms with E-state index in [1.54, 1.807) is 0 Å². The van der Waals surface area contributed by atoms with Crippen molar-refractivity contribution in [2.24, 2.45) is 0 Å². The number of alkyl halides is 11. The summed E-state index contributed by atoms with van der Waals surface area (Å²) in [6.45, 7) is 5.14. The van der Waals surface area contributed by atoms with Crippen LogP contribution in [0.4, 0.5) is 48.3 Å². The van der Waals surface area contributed by atoms with E-state index in [1.165, 1.54) is 32.1 Å². The van der Waals surface area contributed by atoms with E-state index in [0.29, 0.717) is 12.8 Å². The average Bonchev–Trinajstić information content (AvgIpc) is 2.75. The number of halogens is 11. The van der Waals surface area contributed by atoms with E-state index in [9.17, 15) is 53.1 Å². The minimum Gasteiger partial charge on any atom is -0.393 e. The van der Waals surface area contributed by atoms with Gasteiger partial charge in [-0.3, -0.25) is 0 Å². The maximum absolute atomic E-state index is 13.5. The summed E-state index contributed by atoms with van der Waals surface area (Å²) >= 11 is 0. The molecule has 0 saturated heterocycles. The molecule has 0 fully saturated rings. The molecule has 214 valence electrons. The summed E-state index contributed by atoms with van der Waals surface area (Å²) in [7, 11) is 0. The van der Waals surface area contributed by atoms with Gasteiger partial charge in [0.15, 0.2) is 0 Å². The van der Waals surface area contributed by atoms with Crippen LogP contribution in [0.5, 0.6) is 0 Å². The molecule has 0 N–H and O–H groups in total. The molecule has 0 aromatic rings. The lowest BCUT2D eigenvalue weighted by Crippen LogP contribution is -2.67. The summed E-state index contributed by atoms with van der Waals surface area (Å²) in [5, 5.41) is 0. The van der Waals surface area contributed by atoms with E-state index in [-0.39, 0.29) is 12.8 Å². The lowest BCUT2D eigenvalue weighted by Gasteiger charge is -2.36. The van der Waals surface area contributed by atoms with Gasteiger partial charge in [-0.15, -0.1) is 0 Å². The summed E-state index contributed by atoms with van der Waals surface area (Å²) in [5.74, 6) is -24.9. The van der Waals surface area contributed by atoms with Crippen LogP contribution in [0.2, 0.25) is 0 Å². The smallest absolute Gasteiger partial charge is 0.393 e. The second kappa shape index (κ2) is 14.4. The lowest BCUT2D eigenvalue weighted by atomic mass is 10.0. The summed E-state index contributed by atoms with van der Waals surface area (Å²) in [6, 6.07) is 0. The summed E-state index contributed by atoms with van der Waals surface area (Å²) in [4.78, 5) is 11.5. The van der Waals surface area contributed by atoms with Gasteiger partial charge in [0.2, 0.25) is 0 Å². The minimum atomic E-state index is -7.63. The fourth-order valence-corrected chi connectivity index (χ4v) is 3.27. The van der Waals surface area contributed by atoms with Crippen molar-refractivity contribution in [3.8, 4) is 0 Å². The average molecular weight is 550 g/mol. The van der Waals surface area contributed by atoms with Crippen LogP contribution in [0, 0.1) is 0 Å². The zero-order chi connectivity index (χ0) is 28.3. The normalized spacial score (nSPS) is 13.7. The van der Waals surface area contributed by atoms with Gasteiger partial charge in [-0.25, -0.2) is 4.79 Å². The van der Waals surface area contributed by atoms with Crippen molar-refractivity contribution in [1.29, 1.82) is 0 Å². The molecule has 0 rings (SSSR count). The van der Waals surface area contributed by atoms with E-state index in [4.69, 9.17) is 0 Å². The Hall–Kier alpha value is -1.56. The number of unbranched alkanes of at least 4 members (excludes halogenated alkanes) is 12. The summed E-state index contributed by atoms with van der Waals surface area (Å²) < 4.78 is 145. The van der Waals surface area contributed by atoms with Crippen molar-refractivity contribution in [2.75, 3.05) is 0 Å². The third kappa shape index (κ3) is 9.39. The highest BCUT2D eigenvalue weighted by molar-refractivity contribution is 5.87. The molecule has 0 aromatic carbocycles. The van der Waals surface area contributed by atoms with E-state index in [1.807, 2.05) is 0 Å². The number of hydrogen-bond donors (Lipinski definition) is 0. The molecule has 36 heavy (non-hydrogen) atoms. The third-order valence-electron chi connectivity index (χ3n) is 5.60. The number of rotatable bonds is 19. The van der Waals surface area contributed by atoms with Crippen molar-refractivity contribution in [3.63, 3.8) is 0 Å². The maximum Gasteiger partial charge on any atom is 0.473 e. The molecule has 0 aliphatic rings. The molecule has 2 nitrogen and oxygen atoms in total. The molecule has 0 radical (unpaired) electrons. The molecule has 0 heterocycles. The minimum absolute atomic E-state index is 0.176. The first-order valence-corrected chi connectivity index (χ1v) is 11.9. The largest absolute Gasteiger partial charge is 0.473 e. The third-order valence-corrected chi connectivity index (χ3v) is 5.60. The van der Waals surface area contributed by atoms with Crippen molar-refractivity contribution in [1.82, 2.24) is 0 Å². The van der Waals surface area contributed by atoms with E-state index < -0.39 is 41.6 Å². The zero-order valence-corrected chi connectivity index (χ0v) is 20.1. The van der Waals surface area contributed by atoms with Crippen LogP contribution < -0.4 is 0 Å². The van der Waals surface area contributed by atoms with Crippen molar-refractivity contribution in [3.05, 3.63) is 12.2 Å². The van der Waals surface area contributed by atoms with Crippen molar-refractivity contribution < 1.29 is 57.8 Å². The van der Waals surface area contributed by atoms with Crippen molar-refractivity contribution >= 4 is 5.97 Å². The van der Waals surface area contributed by atoms with E-state index in [0.717, 1.165) is 32.1 Å². The van der Waals surface area contributed by atoms with Gasteiger partial charge in [0.05, 0.1) is 0 Å². The van der Waals surface area contributed by atoms with Crippen LogP contribution >= 0.6 is 0 Å². The van der Waals surface area contributed by atoms with Crippen LogP contribution in [0.1, 0.15) is 96.8 Å². The maximum atomic E-state index is 13.5. The Bertz CT molecular complexity index is 673. The van der Waals surface area contributed by atoms with E-state index >= 15 is 0 Å². The second-order valence-corrected chi connectivity index (χ2v) is 8.72. The first-order valence-electron chi connectivity index (χ1n) is 11.9. The monoisotopic (exact) mass is 550 g/mol. The molecule has 0 amide bonds. The van der Waals surface area contributed by atoms with Gasteiger partial charge >= 0.3 is 36.0 Å². The molecule has 0 aliphatic carbocycles. The second-order valence-electron chi connectivity index (χ2n) is 8.72. The zero-order valence-electron chi connectivity index (χ0n) is 20.1. The van der Waals surface area contributed by atoms with Crippen LogP contribution in [0.15, 0.2) is 12.2 Å². The lowest BCUT2D eigenvalue weighted by molar-refractivity contribution is -0.449. The molecule has 0 aromatic heterocycles. The van der Waals surface area contributed by atoms with Gasteiger partial charge in [0, 0.05) is 5.57 Å². The fourth-order valence-electron chi connectivity index (χ4n) is 3.27. The van der Waals surface area contributed by atoms with Gasteiger partial charge in [0.1, 0.15) is 0 Å². The number of ether oxygens (including phenoxy) is 1. The highest BCUT2D eigenvalue weighted by atomic mass is 19.4. The Kier molecular flexibility index (Phi) is 13.8. The predicted molar refractivity (Wildman–Crippen MR) is 111 cm³/mol. The van der Waals surface area contributed by atoms with Crippen LogP contribution in [-0.4, -0.2) is 36.0 Å². The van der Waals surface area contributed by atoms with Gasteiger partial charge in [-0.2, -0.15) is 48.3 Å². The fraction of sp³-hybridized carbons (Fsp3) is 0.870. The first kappa shape index (κ1) is 34.4. The van der Waals surface area contributed by atoms with Crippen LogP contribution in [0.25, 0.3) is 0 Å². The highest BCUT2D eigenvalue weighted by Gasteiger charge is 2.88. The SMILES string of the molecule is C=C(CCCCCCCCCCCCCCC)C(=O)OC(F)(F)C(F)(F)C(F)(F)C(F)(F)C(F)(F)F. The number of carbonyl (C=O) groups excluding carboxylic acids is 1. The van der Waals surface area contributed by atoms with Crippen LogP contribution in [-0.2, 0) is 9.53 Å². The Labute approximate surface area is 203 Å². The summed E-state index contributed by atoms with van der Waals surface area (Å²) in [6.07, 6.45) is -1.81. The summed E-state index contributed by atoms with van der Waals surface area (Å²) in [5.41, 5.74) is -0.848. The Morgan fingerprint density at radius 3 is 1.31 bits per heavy atom. The van der Waals surface area contributed by atoms with Gasteiger partial charge in [0.25, 0.3) is 0 Å². The quantitative estimate of drug-likeness (QED) is 0.0693. The standard InChI is InChI=1S/C23H33F11O2/c1-3-4-5-6-7-8-9-10-11-12-13-14-15-16-17(2)18(35)36-23(33,34)21(28,29)19(24,25)20(26,27)22(30,31)32/h2-16H2,1H3. The Morgan fingerprint density at radius 2 is 0.944 bits per heavy atom. The molecule has 0 aliphatic heterocycles. The van der Waals surface area contributed by atoms with Gasteiger partial charge in [-0.05, 0) is 12.8 Å². The van der Waals surface area contributed by atoms with Crippen molar-refractivity contribution in [2.45, 2.75) is 127 Å². The number of esters is 1. The molecule has 0 spiro atoms. The first-order chi connectivity index (χ1) is 16.4. The number of carbonyl (C=O) groups is 1. The van der Waals surface area contributed by atoms with Gasteiger partial charge < -0.3 is 4.74 Å². The molecule has 0 unspecified atom stereocenters. The van der Waals surface area contributed by atoms with Gasteiger partial charge in [-0.1, -0.05) is 90.6 Å². The molecular formula is C23H33F11O2. The molecule has 13 heteroatoms. The topological polar surface area (TPSA) is 26.3 Å². The molecule has 0 bridgehead atoms. The Balaban J connectivity index is 4.47. The number of hydrogen-bond acceptors (Lipinski definition) is 2. The van der Waals surface area contributed by atoms with Crippen LogP contribution in [0.3, 0.4) is 0 Å². The van der Waals surface area contributed by atoms with E-state index in [2.05, 4.69) is 18.2 Å². The molecule has 0 saturated carbocycles. The predicted octanol–water partition coefficient (Wildman–Crippen LogP) is 9.63. The molecular weight excluding hydrogens is 517 g/mol.